The lowest BCUT2D eigenvalue weighted by Gasteiger charge is -2.18. The Labute approximate surface area is 307 Å². The fourth-order valence-corrected chi connectivity index (χ4v) is 5.46. The van der Waals surface area contributed by atoms with Gasteiger partial charge in [-0.15, -0.1) is 0 Å². The van der Waals surface area contributed by atoms with Crippen molar-refractivity contribution in [2.45, 2.75) is 84.2 Å². The highest BCUT2D eigenvalue weighted by molar-refractivity contribution is 5.85. The molecule has 0 fully saturated rings. The maximum Gasteiger partial charge on any atom is 0.412 e. The van der Waals surface area contributed by atoms with Gasteiger partial charge in [-0.05, 0) is 31.5 Å². The number of benzene rings is 2. The van der Waals surface area contributed by atoms with Crippen molar-refractivity contribution in [3.05, 3.63) is 46.0 Å². The number of amides is 1. The van der Waals surface area contributed by atoms with Gasteiger partial charge in [0.25, 0.3) is 5.69 Å². The highest BCUT2D eigenvalue weighted by Crippen LogP contribution is 2.39. The number of hydrogen-bond acceptors (Lipinski definition) is 12. The summed E-state index contributed by atoms with van der Waals surface area (Å²) in [7, 11) is 1.46. The smallest absolute Gasteiger partial charge is 0.412 e. The summed E-state index contributed by atoms with van der Waals surface area (Å²) in [6.07, 6.45) is 10.1. The summed E-state index contributed by atoms with van der Waals surface area (Å²) >= 11 is 0. The first-order chi connectivity index (χ1) is 25.4. The zero-order valence-corrected chi connectivity index (χ0v) is 31.2. The minimum Gasteiger partial charge on any atom is -0.493 e. The maximum atomic E-state index is 13.0. The molecule has 0 spiro atoms. The van der Waals surface area contributed by atoms with Crippen LogP contribution >= 0.6 is 0 Å². The molecule has 14 heteroatoms. The third kappa shape index (κ3) is 16.7. The number of carbonyl (C=O) groups is 1. The first-order valence-corrected chi connectivity index (χ1v) is 18.6. The van der Waals surface area contributed by atoms with Crippen molar-refractivity contribution < 1.29 is 52.3 Å². The molecule has 2 aromatic carbocycles. The van der Waals surface area contributed by atoms with Gasteiger partial charge in [0.15, 0.2) is 23.0 Å². The van der Waals surface area contributed by atoms with Gasteiger partial charge in [-0.25, -0.2) is 4.79 Å². The number of fused-ring (bicyclic) bond motifs is 1. The monoisotopic (exact) mass is 734 g/mol. The predicted octanol–water partition coefficient (Wildman–Crippen LogP) is 8.05. The number of unbranched alkanes of at least 4 members (excludes halogenated alkanes) is 9. The molecule has 3 rings (SSSR count). The second kappa shape index (κ2) is 26.0. The Balaban J connectivity index is 1.56. The predicted molar refractivity (Wildman–Crippen MR) is 196 cm³/mol. The van der Waals surface area contributed by atoms with Gasteiger partial charge in [-0.1, -0.05) is 64.7 Å². The van der Waals surface area contributed by atoms with Crippen LogP contribution in [-0.2, 0) is 23.7 Å². The lowest BCUT2D eigenvalue weighted by atomic mass is 10.1. The Bertz CT molecular complexity index is 1310. The van der Waals surface area contributed by atoms with Crippen LogP contribution in [0.2, 0.25) is 0 Å². The van der Waals surface area contributed by atoms with Gasteiger partial charge in [0.05, 0.1) is 83.1 Å². The lowest BCUT2D eigenvalue weighted by molar-refractivity contribution is -0.386. The van der Waals surface area contributed by atoms with Gasteiger partial charge in [0, 0.05) is 11.8 Å². The summed E-state index contributed by atoms with van der Waals surface area (Å²) in [4.78, 5) is 24.6. The van der Waals surface area contributed by atoms with Crippen molar-refractivity contribution in [2.24, 2.45) is 0 Å². The van der Waals surface area contributed by atoms with Crippen LogP contribution in [0.25, 0.3) is 0 Å². The average Bonchev–Trinajstić information content (AvgIpc) is 3.13. The van der Waals surface area contributed by atoms with E-state index >= 15 is 0 Å². The van der Waals surface area contributed by atoms with E-state index in [4.69, 9.17) is 42.6 Å². The number of methoxy groups -OCH3 is 1. The zero-order valence-electron chi connectivity index (χ0n) is 31.2. The Morgan fingerprint density at radius 3 is 1.85 bits per heavy atom. The number of nitro benzene ring substituents is 1. The summed E-state index contributed by atoms with van der Waals surface area (Å²) in [6.45, 7) is 8.01. The van der Waals surface area contributed by atoms with Gasteiger partial charge in [0.1, 0.15) is 19.3 Å². The molecule has 0 saturated heterocycles. The SMILES string of the molecule is CCCCCCCCCCCCOc1cc([N+](=O)[O-])c(C(C)OC(=O)Nc2ccc3c(c2)OCCOCCOCCOCCOCCO3)cc1OC. The molecule has 1 N–H and O–H groups in total. The molecule has 1 heterocycles. The number of carbonyl (C=O) groups excluding carboxylic acids is 1. The normalized spacial score (nSPS) is 15.4. The molecule has 0 radical (unpaired) electrons. The Morgan fingerprint density at radius 2 is 1.29 bits per heavy atom. The molecule has 0 aromatic heterocycles. The van der Waals surface area contributed by atoms with Crippen LogP contribution in [0.4, 0.5) is 16.2 Å². The van der Waals surface area contributed by atoms with E-state index in [9.17, 15) is 14.9 Å². The summed E-state index contributed by atoms with van der Waals surface area (Å²) in [6, 6.07) is 7.71. The van der Waals surface area contributed by atoms with Crippen molar-refractivity contribution in [2.75, 3.05) is 85.1 Å². The van der Waals surface area contributed by atoms with E-state index < -0.39 is 17.1 Å². The van der Waals surface area contributed by atoms with Gasteiger partial charge in [0.2, 0.25) is 0 Å². The fraction of sp³-hybridized carbons (Fsp3) is 0.658. The largest absolute Gasteiger partial charge is 0.493 e. The minimum atomic E-state index is -0.990. The number of nitrogens with zero attached hydrogens (tertiary/aromatic N) is 1. The van der Waals surface area contributed by atoms with E-state index in [2.05, 4.69) is 12.2 Å². The molecule has 52 heavy (non-hydrogen) atoms. The van der Waals surface area contributed by atoms with Crippen LogP contribution < -0.4 is 24.3 Å². The molecule has 1 atom stereocenters. The van der Waals surface area contributed by atoms with Crippen molar-refractivity contribution in [3.63, 3.8) is 0 Å². The first-order valence-electron chi connectivity index (χ1n) is 18.6. The number of nitro groups is 1. The molecule has 0 bridgehead atoms. The van der Waals surface area contributed by atoms with Crippen LogP contribution in [0, 0.1) is 10.1 Å². The molecule has 1 amide bonds. The number of nitrogens with one attached hydrogen (secondary N) is 1. The molecule has 1 aliphatic rings. The topological polar surface area (TPSA) is 155 Å². The zero-order chi connectivity index (χ0) is 37.2. The molecule has 2 aromatic rings. The molecular weight excluding hydrogens is 676 g/mol. The molecular formula is C38H58N2O12. The summed E-state index contributed by atoms with van der Waals surface area (Å²) < 4.78 is 50.8. The van der Waals surface area contributed by atoms with Crippen molar-refractivity contribution in [3.8, 4) is 23.0 Å². The van der Waals surface area contributed by atoms with E-state index in [1.54, 1.807) is 25.1 Å². The van der Waals surface area contributed by atoms with Gasteiger partial charge >= 0.3 is 6.09 Å². The van der Waals surface area contributed by atoms with Crippen molar-refractivity contribution in [1.82, 2.24) is 0 Å². The van der Waals surface area contributed by atoms with Crippen LogP contribution in [0.15, 0.2) is 30.3 Å². The highest BCUT2D eigenvalue weighted by Gasteiger charge is 2.26. The molecule has 292 valence electrons. The second-order valence-corrected chi connectivity index (χ2v) is 12.3. The Kier molecular flexibility index (Phi) is 21.3. The standard InChI is InChI=1S/C38H58N2O12/c1-4-5-6-7-8-9-10-11-12-13-16-49-37-29-33(40(42)43)32(28-35(37)44-3)30(2)52-38(41)39-31-14-15-34-36(27-31)51-26-24-48-22-20-46-18-17-45-19-21-47-23-25-50-34/h14-15,27-30H,4-13,16-26H2,1-3H3,(H,39,41). The number of anilines is 1. The second-order valence-electron chi connectivity index (χ2n) is 12.3. The van der Waals surface area contributed by atoms with E-state index in [1.165, 1.54) is 64.2 Å². The van der Waals surface area contributed by atoms with Crippen LogP contribution in [0.1, 0.15) is 89.7 Å². The van der Waals surface area contributed by atoms with Crippen LogP contribution in [0.5, 0.6) is 23.0 Å². The summed E-state index contributed by atoms with van der Waals surface area (Å²) in [5, 5.41) is 14.8. The van der Waals surface area contributed by atoms with Gasteiger partial charge < -0.3 is 42.6 Å². The van der Waals surface area contributed by atoms with Crippen molar-refractivity contribution in [1.29, 1.82) is 0 Å². The summed E-state index contributed by atoms with van der Waals surface area (Å²) in [5.41, 5.74) is 0.298. The van der Waals surface area contributed by atoms with E-state index in [-0.39, 0.29) is 30.2 Å². The Morgan fingerprint density at radius 1 is 0.750 bits per heavy atom. The number of rotatable bonds is 17. The molecule has 1 aliphatic heterocycles. The quantitative estimate of drug-likeness (QED) is 0.0950. The van der Waals surface area contributed by atoms with E-state index in [0.717, 1.165) is 19.3 Å². The molecule has 1 unspecified atom stereocenters. The number of ether oxygens (including phenoxy) is 9. The van der Waals surface area contributed by atoms with Gasteiger partial charge in [-0.3, -0.25) is 15.4 Å². The highest BCUT2D eigenvalue weighted by atomic mass is 16.6. The van der Waals surface area contributed by atoms with Crippen LogP contribution in [0.3, 0.4) is 0 Å². The van der Waals surface area contributed by atoms with Crippen molar-refractivity contribution >= 4 is 17.5 Å². The Hall–Kier alpha value is -3.85. The first kappa shape index (κ1) is 42.6. The van der Waals surface area contributed by atoms with E-state index in [0.29, 0.717) is 82.4 Å². The third-order valence-corrected chi connectivity index (χ3v) is 8.26. The minimum absolute atomic E-state index is 0.168. The average molecular weight is 735 g/mol. The summed E-state index contributed by atoms with van der Waals surface area (Å²) in [5.74, 6) is 1.42. The molecule has 0 aliphatic carbocycles. The third-order valence-electron chi connectivity index (χ3n) is 8.26. The van der Waals surface area contributed by atoms with Crippen LogP contribution in [-0.4, -0.2) is 90.8 Å². The maximum absolute atomic E-state index is 13.0. The van der Waals surface area contributed by atoms with Gasteiger partial charge in [-0.2, -0.15) is 0 Å². The fourth-order valence-electron chi connectivity index (χ4n) is 5.46. The molecule has 14 nitrogen and oxygen atoms in total. The lowest BCUT2D eigenvalue weighted by Crippen LogP contribution is -2.17. The number of hydrogen-bond donors (Lipinski definition) is 1. The molecule has 0 saturated carbocycles. The van der Waals surface area contributed by atoms with E-state index in [1.807, 2.05) is 0 Å².